The molecule has 0 aliphatic carbocycles. The number of hydrogen-bond acceptors (Lipinski definition) is 4. The summed E-state index contributed by atoms with van der Waals surface area (Å²) in [7, 11) is 0. The van der Waals surface area contributed by atoms with Crippen LogP contribution in [0.5, 0.6) is 11.5 Å². The van der Waals surface area contributed by atoms with Crippen molar-refractivity contribution in [2.24, 2.45) is 0 Å². The number of aromatic nitrogens is 2. The van der Waals surface area contributed by atoms with Gasteiger partial charge in [-0.1, -0.05) is 42.0 Å². The number of ether oxygens (including phenoxy) is 1. The Morgan fingerprint density at radius 1 is 0.852 bits per heavy atom. The monoisotopic (exact) mass is 352 g/mol. The number of phenols is 1. The molecule has 0 saturated heterocycles. The van der Waals surface area contributed by atoms with Crippen LogP contribution in [0.1, 0.15) is 16.8 Å². The van der Waals surface area contributed by atoms with Crippen molar-refractivity contribution >= 4 is 22.9 Å². The van der Waals surface area contributed by atoms with Crippen molar-refractivity contribution in [3.05, 3.63) is 83.6 Å². The number of para-hydroxylation sites is 2. The Labute approximate surface area is 156 Å². The molecule has 1 aromatic heterocycles. The Hall–Kier alpha value is -3.66. The first-order valence-electron chi connectivity index (χ1n) is 8.74. The molecule has 2 heterocycles. The zero-order valence-corrected chi connectivity index (χ0v) is 14.7. The molecule has 27 heavy (non-hydrogen) atoms. The van der Waals surface area contributed by atoms with Crippen LogP contribution in [0, 0.1) is 6.92 Å². The fourth-order valence-corrected chi connectivity index (χ4v) is 3.23. The van der Waals surface area contributed by atoms with E-state index in [2.05, 4.69) is 19.1 Å². The Balaban J connectivity index is 1.77. The summed E-state index contributed by atoms with van der Waals surface area (Å²) < 4.78 is 6.12. The van der Waals surface area contributed by atoms with Gasteiger partial charge in [-0.05, 0) is 42.8 Å². The SMILES string of the molecule is Cc1ccc(/C=C2\Oc3cc(O)ccc3-c3nc4ccccc4nc32)cc1. The largest absolute Gasteiger partial charge is 0.508 e. The van der Waals surface area contributed by atoms with E-state index in [1.165, 1.54) is 5.56 Å². The van der Waals surface area contributed by atoms with Crippen molar-refractivity contribution in [1.82, 2.24) is 9.97 Å². The fraction of sp³-hybridized carbons (Fsp3) is 0.0435. The van der Waals surface area contributed by atoms with Crippen molar-refractivity contribution in [2.45, 2.75) is 6.92 Å². The van der Waals surface area contributed by atoms with Gasteiger partial charge in [-0.25, -0.2) is 9.97 Å². The molecule has 4 nitrogen and oxygen atoms in total. The third-order valence-electron chi connectivity index (χ3n) is 4.62. The lowest BCUT2D eigenvalue weighted by Gasteiger charge is -2.22. The topological polar surface area (TPSA) is 55.2 Å². The van der Waals surface area contributed by atoms with E-state index in [0.29, 0.717) is 17.2 Å². The lowest BCUT2D eigenvalue weighted by Crippen LogP contribution is -2.09. The first-order valence-corrected chi connectivity index (χ1v) is 8.74. The molecule has 0 fully saturated rings. The normalized spacial score (nSPS) is 13.9. The van der Waals surface area contributed by atoms with Crippen LogP contribution in [-0.4, -0.2) is 15.1 Å². The Morgan fingerprint density at radius 3 is 2.30 bits per heavy atom. The van der Waals surface area contributed by atoms with Crippen LogP contribution in [-0.2, 0) is 0 Å². The Kier molecular flexibility index (Phi) is 3.44. The summed E-state index contributed by atoms with van der Waals surface area (Å²) in [4.78, 5) is 9.64. The maximum Gasteiger partial charge on any atom is 0.155 e. The lowest BCUT2D eigenvalue weighted by atomic mass is 10.0. The van der Waals surface area contributed by atoms with Gasteiger partial charge in [0.1, 0.15) is 22.9 Å². The van der Waals surface area contributed by atoms with Gasteiger partial charge in [0.25, 0.3) is 0 Å². The molecular formula is C23H16N2O2. The molecule has 4 aromatic rings. The van der Waals surface area contributed by atoms with Crippen LogP contribution in [0.25, 0.3) is 34.1 Å². The van der Waals surface area contributed by atoms with E-state index >= 15 is 0 Å². The van der Waals surface area contributed by atoms with Gasteiger partial charge in [-0.15, -0.1) is 0 Å². The number of nitrogens with zero attached hydrogens (tertiary/aromatic N) is 2. The summed E-state index contributed by atoms with van der Waals surface area (Å²) in [5.41, 5.74) is 6.13. The summed E-state index contributed by atoms with van der Waals surface area (Å²) in [6.07, 6.45) is 1.95. The van der Waals surface area contributed by atoms with Crippen LogP contribution >= 0.6 is 0 Å². The van der Waals surface area contributed by atoms with E-state index in [9.17, 15) is 5.11 Å². The predicted molar refractivity (Wildman–Crippen MR) is 106 cm³/mol. The number of aryl methyl sites for hydroxylation is 1. The van der Waals surface area contributed by atoms with Crippen LogP contribution in [0.4, 0.5) is 0 Å². The van der Waals surface area contributed by atoms with Crippen LogP contribution < -0.4 is 4.74 Å². The molecule has 0 amide bonds. The average molecular weight is 352 g/mol. The summed E-state index contributed by atoms with van der Waals surface area (Å²) >= 11 is 0. The second-order valence-electron chi connectivity index (χ2n) is 6.61. The van der Waals surface area contributed by atoms with Gasteiger partial charge in [0.15, 0.2) is 5.76 Å². The molecular weight excluding hydrogens is 336 g/mol. The minimum atomic E-state index is 0.153. The average Bonchev–Trinajstić information content (AvgIpc) is 2.68. The first kappa shape index (κ1) is 15.6. The Morgan fingerprint density at radius 2 is 1.56 bits per heavy atom. The van der Waals surface area contributed by atoms with Crippen molar-refractivity contribution in [3.8, 4) is 22.8 Å². The number of phenolic OH excluding ortho intramolecular Hbond substituents is 1. The predicted octanol–water partition coefficient (Wildman–Crippen LogP) is 5.20. The zero-order valence-electron chi connectivity index (χ0n) is 14.7. The van der Waals surface area contributed by atoms with Crippen molar-refractivity contribution in [2.75, 3.05) is 0 Å². The highest BCUT2D eigenvalue weighted by molar-refractivity contribution is 5.92. The molecule has 0 atom stereocenters. The van der Waals surface area contributed by atoms with E-state index in [1.54, 1.807) is 12.1 Å². The summed E-state index contributed by atoms with van der Waals surface area (Å²) in [5, 5.41) is 9.88. The molecule has 0 bridgehead atoms. The number of rotatable bonds is 1. The molecule has 0 radical (unpaired) electrons. The third kappa shape index (κ3) is 2.72. The molecule has 130 valence electrons. The van der Waals surface area contributed by atoms with Gasteiger partial charge in [0.05, 0.1) is 11.0 Å². The highest BCUT2D eigenvalue weighted by Gasteiger charge is 2.25. The Bertz CT molecular complexity index is 1210. The van der Waals surface area contributed by atoms with Crippen molar-refractivity contribution < 1.29 is 9.84 Å². The van der Waals surface area contributed by atoms with Crippen LogP contribution in [0.15, 0.2) is 66.7 Å². The fourth-order valence-electron chi connectivity index (χ4n) is 3.23. The van der Waals surface area contributed by atoms with Gasteiger partial charge in [0, 0.05) is 11.6 Å². The van der Waals surface area contributed by atoms with Crippen molar-refractivity contribution in [3.63, 3.8) is 0 Å². The highest BCUT2D eigenvalue weighted by Crippen LogP contribution is 2.42. The molecule has 1 N–H and O–H groups in total. The minimum Gasteiger partial charge on any atom is -0.508 e. The minimum absolute atomic E-state index is 0.153. The molecule has 5 rings (SSSR count). The van der Waals surface area contributed by atoms with Gasteiger partial charge in [-0.2, -0.15) is 0 Å². The summed E-state index contributed by atoms with van der Waals surface area (Å²) in [5.74, 6) is 1.34. The third-order valence-corrected chi connectivity index (χ3v) is 4.62. The number of hydrogen-bond donors (Lipinski definition) is 1. The van der Waals surface area contributed by atoms with E-state index in [0.717, 1.165) is 27.9 Å². The maximum atomic E-state index is 9.88. The van der Waals surface area contributed by atoms with Gasteiger partial charge in [-0.3, -0.25) is 0 Å². The van der Waals surface area contributed by atoms with Gasteiger partial charge >= 0.3 is 0 Å². The zero-order chi connectivity index (χ0) is 18.4. The molecule has 3 aromatic carbocycles. The standard InChI is InChI=1S/C23H16N2O2/c1-14-6-8-15(9-7-14)12-21-23-22(17-11-10-16(26)13-20(17)27-21)24-18-4-2-3-5-19(18)25-23/h2-13,26H,1H3/b21-12-. The molecule has 1 aliphatic heterocycles. The smallest absolute Gasteiger partial charge is 0.155 e. The second kappa shape index (κ2) is 5.95. The molecule has 1 aliphatic rings. The summed E-state index contributed by atoms with van der Waals surface area (Å²) in [6.45, 7) is 2.06. The molecule has 0 unspecified atom stereocenters. The quantitative estimate of drug-likeness (QED) is 0.511. The van der Waals surface area contributed by atoms with E-state index < -0.39 is 0 Å². The van der Waals surface area contributed by atoms with Crippen LogP contribution in [0.3, 0.4) is 0 Å². The van der Waals surface area contributed by atoms with Crippen LogP contribution in [0.2, 0.25) is 0 Å². The molecule has 0 spiro atoms. The first-order chi connectivity index (χ1) is 13.2. The van der Waals surface area contributed by atoms with Crippen molar-refractivity contribution in [1.29, 1.82) is 0 Å². The highest BCUT2D eigenvalue weighted by atomic mass is 16.5. The molecule has 4 heteroatoms. The van der Waals surface area contributed by atoms with E-state index in [1.807, 2.05) is 48.5 Å². The number of benzene rings is 3. The summed E-state index contributed by atoms with van der Waals surface area (Å²) in [6, 6.07) is 21.0. The van der Waals surface area contributed by atoms with Gasteiger partial charge in [0.2, 0.25) is 0 Å². The van der Waals surface area contributed by atoms with Gasteiger partial charge < -0.3 is 9.84 Å². The molecule has 0 saturated carbocycles. The van der Waals surface area contributed by atoms with E-state index in [4.69, 9.17) is 14.7 Å². The maximum absolute atomic E-state index is 9.88. The number of aromatic hydroxyl groups is 1. The second-order valence-corrected chi connectivity index (χ2v) is 6.61. The van der Waals surface area contributed by atoms with E-state index in [-0.39, 0.29) is 5.75 Å². The number of fused-ring (bicyclic) bond motifs is 4. The lowest BCUT2D eigenvalue weighted by molar-refractivity contribution is 0.463.